The average Bonchev–Trinajstić information content (AvgIpc) is 2.88. The highest BCUT2D eigenvalue weighted by Crippen LogP contribution is 2.24. The van der Waals surface area contributed by atoms with Gasteiger partial charge in [-0.1, -0.05) is 51.1 Å². The molecule has 0 unspecified atom stereocenters. The van der Waals surface area contributed by atoms with Gasteiger partial charge in [0.2, 0.25) is 0 Å². The third kappa shape index (κ3) is 2.94. The molecule has 0 spiro atoms. The first-order valence-electron chi connectivity index (χ1n) is 7.43. The summed E-state index contributed by atoms with van der Waals surface area (Å²) < 4.78 is 0. The van der Waals surface area contributed by atoms with Crippen molar-refractivity contribution in [2.75, 3.05) is 5.32 Å². The monoisotopic (exact) mass is 278 g/mol. The smallest absolute Gasteiger partial charge is 0.0457 e. The van der Waals surface area contributed by atoms with Crippen molar-refractivity contribution >= 4 is 16.6 Å². The number of rotatable bonds is 3. The Kier molecular flexibility index (Phi) is 3.46. The standard InChI is InChI=1S/C19H22N2/c1-19(2,3)15-8-10-16(11-9-15)20-12-14-13-21-18-7-5-4-6-17(14)18/h4-11,13,20-21H,12H2,1-3H3. The van der Waals surface area contributed by atoms with Gasteiger partial charge in [-0.3, -0.25) is 0 Å². The number of aromatic amines is 1. The van der Waals surface area contributed by atoms with Crippen LogP contribution in [0.15, 0.2) is 54.7 Å². The predicted molar refractivity (Wildman–Crippen MR) is 90.8 cm³/mol. The molecule has 2 aromatic carbocycles. The summed E-state index contributed by atoms with van der Waals surface area (Å²) >= 11 is 0. The maximum absolute atomic E-state index is 3.50. The maximum Gasteiger partial charge on any atom is 0.0457 e. The minimum absolute atomic E-state index is 0.204. The maximum atomic E-state index is 3.50. The second-order valence-corrected chi connectivity index (χ2v) is 6.54. The van der Waals surface area contributed by atoms with Crippen LogP contribution < -0.4 is 5.32 Å². The van der Waals surface area contributed by atoms with Gasteiger partial charge in [-0.25, -0.2) is 0 Å². The van der Waals surface area contributed by atoms with Crippen molar-refractivity contribution in [2.24, 2.45) is 0 Å². The summed E-state index contributed by atoms with van der Waals surface area (Å²) in [5.41, 5.74) is 5.21. The molecule has 21 heavy (non-hydrogen) atoms. The molecular weight excluding hydrogens is 256 g/mol. The zero-order chi connectivity index (χ0) is 14.9. The van der Waals surface area contributed by atoms with E-state index in [4.69, 9.17) is 0 Å². The highest BCUT2D eigenvalue weighted by atomic mass is 14.9. The average molecular weight is 278 g/mol. The van der Waals surface area contributed by atoms with E-state index in [9.17, 15) is 0 Å². The summed E-state index contributed by atoms with van der Waals surface area (Å²) in [5.74, 6) is 0. The van der Waals surface area contributed by atoms with Crippen LogP contribution in [0.3, 0.4) is 0 Å². The van der Waals surface area contributed by atoms with Gasteiger partial charge in [-0.15, -0.1) is 0 Å². The Morgan fingerprint density at radius 1 is 0.952 bits per heavy atom. The number of anilines is 1. The number of aromatic nitrogens is 1. The summed E-state index contributed by atoms with van der Waals surface area (Å²) in [6.45, 7) is 7.54. The van der Waals surface area contributed by atoms with E-state index in [0.717, 1.165) is 12.2 Å². The Labute approximate surface area is 126 Å². The van der Waals surface area contributed by atoms with E-state index in [1.165, 1.54) is 22.0 Å². The lowest BCUT2D eigenvalue weighted by atomic mass is 9.87. The molecule has 0 fully saturated rings. The molecule has 0 atom stereocenters. The molecule has 0 bridgehead atoms. The van der Waals surface area contributed by atoms with Crippen molar-refractivity contribution in [1.82, 2.24) is 4.98 Å². The largest absolute Gasteiger partial charge is 0.381 e. The molecule has 2 nitrogen and oxygen atoms in total. The van der Waals surface area contributed by atoms with E-state index >= 15 is 0 Å². The zero-order valence-electron chi connectivity index (χ0n) is 12.9. The summed E-state index contributed by atoms with van der Waals surface area (Å²) in [6.07, 6.45) is 2.08. The number of nitrogens with one attached hydrogen (secondary N) is 2. The molecule has 0 aliphatic rings. The number of para-hydroxylation sites is 1. The van der Waals surface area contributed by atoms with Crippen molar-refractivity contribution in [3.63, 3.8) is 0 Å². The molecule has 0 radical (unpaired) electrons. The van der Waals surface area contributed by atoms with Gasteiger partial charge >= 0.3 is 0 Å². The van der Waals surface area contributed by atoms with Crippen LogP contribution in [0.2, 0.25) is 0 Å². The van der Waals surface area contributed by atoms with Crippen molar-refractivity contribution in [2.45, 2.75) is 32.7 Å². The van der Waals surface area contributed by atoms with Gasteiger partial charge in [0.1, 0.15) is 0 Å². The van der Waals surface area contributed by atoms with Crippen LogP contribution in [0.25, 0.3) is 10.9 Å². The molecule has 0 aliphatic heterocycles. The quantitative estimate of drug-likeness (QED) is 0.687. The lowest BCUT2D eigenvalue weighted by molar-refractivity contribution is 0.590. The van der Waals surface area contributed by atoms with Crippen LogP contribution in [0.1, 0.15) is 31.9 Å². The van der Waals surface area contributed by atoms with Crippen molar-refractivity contribution in [3.8, 4) is 0 Å². The molecule has 0 amide bonds. The zero-order valence-corrected chi connectivity index (χ0v) is 12.9. The fourth-order valence-electron chi connectivity index (χ4n) is 2.56. The van der Waals surface area contributed by atoms with Crippen LogP contribution >= 0.6 is 0 Å². The molecule has 1 heterocycles. The van der Waals surface area contributed by atoms with E-state index in [0.29, 0.717) is 0 Å². The lowest BCUT2D eigenvalue weighted by Gasteiger charge is -2.19. The van der Waals surface area contributed by atoms with Gasteiger partial charge in [-0.05, 0) is 34.7 Å². The molecule has 0 saturated heterocycles. The highest BCUT2D eigenvalue weighted by molar-refractivity contribution is 5.83. The molecule has 2 heteroatoms. The molecule has 2 N–H and O–H groups in total. The first-order valence-corrected chi connectivity index (χ1v) is 7.43. The first-order chi connectivity index (χ1) is 10.0. The molecule has 108 valence electrons. The van der Waals surface area contributed by atoms with Crippen LogP contribution in [0.4, 0.5) is 5.69 Å². The highest BCUT2D eigenvalue weighted by Gasteiger charge is 2.12. The van der Waals surface area contributed by atoms with Crippen molar-refractivity contribution in [3.05, 3.63) is 65.9 Å². The Hall–Kier alpha value is -2.22. The van der Waals surface area contributed by atoms with E-state index in [2.05, 4.69) is 85.8 Å². The minimum Gasteiger partial charge on any atom is -0.381 e. The predicted octanol–water partition coefficient (Wildman–Crippen LogP) is 5.08. The van der Waals surface area contributed by atoms with Gasteiger partial charge < -0.3 is 10.3 Å². The fraction of sp³-hybridized carbons (Fsp3) is 0.263. The van der Waals surface area contributed by atoms with Gasteiger partial charge in [0, 0.05) is 29.3 Å². The Morgan fingerprint density at radius 3 is 2.38 bits per heavy atom. The fourth-order valence-corrected chi connectivity index (χ4v) is 2.56. The normalized spacial score (nSPS) is 11.8. The molecule has 3 rings (SSSR count). The number of benzene rings is 2. The molecular formula is C19H22N2. The molecule has 3 aromatic rings. The third-order valence-corrected chi connectivity index (χ3v) is 3.91. The molecule has 1 aromatic heterocycles. The number of hydrogen-bond acceptors (Lipinski definition) is 1. The van der Waals surface area contributed by atoms with Crippen LogP contribution in [-0.4, -0.2) is 4.98 Å². The topological polar surface area (TPSA) is 27.8 Å². The number of hydrogen-bond donors (Lipinski definition) is 2. The summed E-state index contributed by atoms with van der Waals surface area (Å²) in [7, 11) is 0. The first kappa shape index (κ1) is 13.7. The second kappa shape index (κ2) is 5.28. The van der Waals surface area contributed by atoms with Gasteiger partial charge in [0.05, 0.1) is 0 Å². The van der Waals surface area contributed by atoms with Gasteiger partial charge in [0.15, 0.2) is 0 Å². The Morgan fingerprint density at radius 2 is 1.67 bits per heavy atom. The molecule has 0 aliphatic carbocycles. The van der Waals surface area contributed by atoms with Crippen LogP contribution in [0, 0.1) is 0 Å². The van der Waals surface area contributed by atoms with Gasteiger partial charge in [-0.2, -0.15) is 0 Å². The van der Waals surface area contributed by atoms with E-state index in [1.54, 1.807) is 0 Å². The van der Waals surface area contributed by atoms with Crippen LogP contribution in [-0.2, 0) is 12.0 Å². The minimum atomic E-state index is 0.204. The third-order valence-electron chi connectivity index (χ3n) is 3.91. The number of H-pyrrole nitrogens is 1. The van der Waals surface area contributed by atoms with E-state index < -0.39 is 0 Å². The van der Waals surface area contributed by atoms with Crippen molar-refractivity contribution < 1.29 is 0 Å². The van der Waals surface area contributed by atoms with E-state index in [-0.39, 0.29) is 5.41 Å². The second-order valence-electron chi connectivity index (χ2n) is 6.54. The van der Waals surface area contributed by atoms with Crippen LogP contribution in [0.5, 0.6) is 0 Å². The molecule has 0 saturated carbocycles. The SMILES string of the molecule is CC(C)(C)c1ccc(NCc2c[nH]c3ccccc23)cc1. The van der Waals surface area contributed by atoms with E-state index in [1.807, 2.05) is 0 Å². The number of fused-ring (bicyclic) bond motifs is 1. The summed E-state index contributed by atoms with van der Waals surface area (Å²) in [5, 5.41) is 4.79. The lowest BCUT2D eigenvalue weighted by Crippen LogP contribution is -2.10. The van der Waals surface area contributed by atoms with Crippen molar-refractivity contribution in [1.29, 1.82) is 0 Å². The Balaban J connectivity index is 1.73. The summed E-state index contributed by atoms with van der Waals surface area (Å²) in [4.78, 5) is 3.31. The Bertz CT molecular complexity index is 730. The van der Waals surface area contributed by atoms with Gasteiger partial charge in [0.25, 0.3) is 0 Å². The summed E-state index contributed by atoms with van der Waals surface area (Å²) in [6, 6.07) is 17.1.